The predicted octanol–water partition coefficient (Wildman–Crippen LogP) is 0.189. The first kappa shape index (κ1) is 19.3. The van der Waals surface area contributed by atoms with E-state index < -0.39 is 12.4 Å². The largest absolute Gasteiger partial charge is 0.550 e. The number of likely N-dealkylation sites (N-methyl/N-ethyl adjacent to an activating group) is 1. The zero-order valence-corrected chi connectivity index (χ0v) is 14.6. The molecular weight excluding hydrogens is 369 g/mol. The van der Waals surface area contributed by atoms with Gasteiger partial charge in [0.1, 0.15) is 31.3 Å². The summed E-state index contributed by atoms with van der Waals surface area (Å²) in [5.41, 5.74) is 0.950. The second-order valence-corrected chi connectivity index (χ2v) is 6.11. The van der Waals surface area contributed by atoms with Crippen LogP contribution in [0.4, 0.5) is 4.39 Å². The van der Waals surface area contributed by atoms with Gasteiger partial charge in [0.15, 0.2) is 5.76 Å². The maximum absolute atomic E-state index is 12.9. The quantitative estimate of drug-likeness (QED) is 0.751. The minimum absolute atomic E-state index is 0.235. The minimum atomic E-state index is -1.31. The van der Waals surface area contributed by atoms with E-state index in [4.69, 9.17) is 4.74 Å². The Morgan fingerprint density at radius 1 is 1.48 bits per heavy atom. The highest BCUT2D eigenvalue weighted by Gasteiger charge is 2.14. The van der Waals surface area contributed by atoms with Crippen molar-refractivity contribution >= 4 is 33.8 Å². The molecule has 1 saturated heterocycles. The molecule has 1 aliphatic heterocycles. The Labute approximate surface area is 142 Å². The summed E-state index contributed by atoms with van der Waals surface area (Å²) in [6.45, 7) is 3.86. The molecule has 0 saturated carbocycles. The fourth-order valence-corrected chi connectivity index (χ4v) is 2.35. The van der Waals surface area contributed by atoms with Gasteiger partial charge >= 0.3 is 0 Å². The number of rotatable bonds is 3. The Kier molecular flexibility index (Phi) is 7.91. The smallest absolute Gasteiger partial charge is 0.151 e. The van der Waals surface area contributed by atoms with E-state index in [9.17, 15) is 19.1 Å². The number of hydrogen-bond donors (Lipinski definition) is 1. The Balaban J connectivity index is 0.000000322. The maximum Gasteiger partial charge on any atom is 0.151 e. The standard InChI is InChI=1S/C12H13BrFNO.C4H6O3/c1-15-4-5-16-11(8-15)6-9-2-3-10(14)7-12(9)13;1-3(5)2-4(6)7/h2-3,6-7H,4-5,8H2,1H3;2H2,1H3,(H,6,7). The molecule has 1 heterocycles. The zero-order valence-electron chi connectivity index (χ0n) is 13.0. The molecule has 0 radical (unpaired) electrons. The van der Waals surface area contributed by atoms with Crippen molar-refractivity contribution in [2.45, 2.75) is 13.3 Å². The number of carboxylic acids is 1. The summed E-state index contributed by atoms with van der Waals surface area (Å²) in [6.07, 6.45) is 1.49. The number of Topliss-reactive ketones (excluding diaryl/α,β-unsaturated/α-hetero) is 1. The summed E-state index contributed by atoms with van der Waals surface area (Å²) in [7, 11) is 2.13. The molecule has 1 N–H and O–H groups in total. The molecule has 5 nitrogen and oxygen atoms in total. The lowest BCUT2D eigenvalue weighted by molar-refractivity contribution is -0.882. The Morgan fingerprint density at radius 3 is 2.65 bits per heavy atom. The molecule has 1 aliphatic rings. The number of ketones is 1. The number of quaternary nitrogens is 1. The van der Waals surface area contributed by atoms with Crippen molar-refractivity contribution in [2.24, 2.45) is 0 Å². The Bertz CT molecular complexity index is 592. The third kappa shape index (κ3) is 7.90. The van der Waals surface area contributed by atoms with Crippen LogP contribution < -0.4 is 10.0 Å². The second kappa shape index (κ2) is 9.42. The van der Waals surface area contributed by atoms with Crippen molar-refractivity contribution in [1.82, 2.24) is 0 Å². The van der Waals surface area contributed by atoms with Crippen LogP contribution in [-0.4, -0.2) is 38.5 Å². The van der Waals surface area contributed by atoms with Gasteiger partial charge in [0.25, 0.3) is 0 Å². The van der Waals surface area contributed by atoms with Crippen molar-refractivity contribution in [2.75, 3.05) is 26.7 Å². The number of aliphatic carboxylic acids is 1. The Hall–Kier alpha value is -1.73. The van der Waals surface area contributed by atoms with Gasteiger partial charge in [-0.2, -0.15) is 0 Å². The van der Waals surface area contributed by atoms with Gasteiger partial charge < -0.3 is 19.5 Å². The fraction of sp³-hybridized carbons (Fsp3) is 0.375. The number of halogens is 2. The maximum atomic E-state index is 12.9. The summed E-state index contributed by atoms with van der Waals surface area (Å²) in [6, 6.07) is 4.67. The molecule has 0 amide bonds. The van der Waals surface area contributed by atoms with Gasteiger partial charge in [-0.05, 0) is 30.7 Å². The predicted molar refractivity (Wildman–Crippen MR) is 85.0 cm³/mol. The van der Waals surface area contributed by atoms with Gasteiger partial charge in [0, 0.05) is 16.9 Å². The first-order valence-electron chi connectivity index (χ1n) is 7.07. The lowest BCUT2D eigenvalue weighted by Gasteiger charge is -2.22. The normalized spacial score (nSPS) is 18.6. The van der Waals surface area contributed by atoms with Crippen molar-refractivity contribution in [3.63, 3.8) is 0 Å². The third-order valence-electron chi connectivity index (χ3n) is 2.96. The summed E-state index contributed by atoms with van der Waals surface area (Å²) < 4.78 is 19.2. The number of carbonyl (C=O) groups excluding carboxylic acids is 2. The van der Waals surface area contributed by atoms with Crippen LogP contribution in [0.15, 0.2) is 28.4 Å². The van der Waals surface area contributed by atoms with E-state index in [2.05, 4.69) is 23.0 Å². The first-order valence-corrected chi connectivity index (χ1v) is 7.86. The van der Waals surface area contributed by atoms with Crippen LogP contribution in [0.25, 0.3) is 6.08 Å². The molecule has 2 rings (SSSR count). The number of hydrogen-bond acceptors (Lipinski definition) is 4. The monoisotopic (exact) mass is 387 g/mol. The summed E-state index contributed by atoms with van der Waals surface area (Å²) >= 11 is 3.34. The van der Waals surface area contributed by atoms with E-state index in [0.29, 0.717) is 0 Å². The fourth-order valence-electron chi connectivity index (χ4n) is 1.88. The van der Waals surface area contributed by atoms with Crippen LogP contribution in [0.5, 0.6) is 0 Å². The first-order chi connectivity index (χ1) is 10.8. The van der Waals surface area contributed by atoms with Gasteiger partial charge in [-0.15, -0.1) is 0 Å². The molecule has 7 heteroatoms. The zero-order chi connectivity index (χ0) is 17.4. The van der Waals surface area contributed by atoms with Crippen molar-refractivity contribution < 1.29 is 28.7 Å². The number of benzene rings is 1. The minimum Gasteiger partial charge on any atom is -0.550 e. The molecule has 1 fully saturated rings. The van der Waals surface area contributed by atoms with E-state index in [0.717, 1.165) is 35.5 Å². The van der Waals surface area contributed by atoms with Gasteiger partial charge in [-0.3, -0.25) is 4.79 Å². The van der Waals surface area contributed by atoms with Gasteiger partial charge in [-0.1, -0.05) is 22.0 Å². The highest BCUT2D eigenvalue weighted by Crippen LogP contribution is 2.20. The number of morpholine rings is 1. The SMILES string of the molecule is CC(=O)CC(=O)[O-].C[NH+]1CCOC(=Cc2ccc(F)cc2Br)C1. The van der Waals surface area contributed by atoms with Crippen LogP contribution in [0.1, 0.15) is 18.9 Å². The van der Waals surface area contributed by atoms with E-state index in [1.165, 1.54) is 24.0 Å². The molecule has 0 aliphatic carbocycles. The molecule has 126 valence electrons. The molecule has 1 aromatic rings. The van der Waals surface area contributed by atoms with E-state index in [1.54, 1.807) is 6.07 Å². The van der Waals surface area contributed by atoms with Gasteiger partial charge in [0.2, 0.25) is 0 Å². The van der Waals surface area contributed by atoms with Crippen LogP contribution >= 0.6 is 15.9 Å². The number of carbonyl (C=O) groups is 2. The molecule has 1 atom stereocenters. The molecule has 23 heavy (non-hydrogen) atoms. The highest BCUT2D eigenvalue weighted by molar-refractivity contribution is 9.10. The van der Waals surface area contributed by atoms with Crippen LogP contribution in [0, 0.1) is 5.82 Å². The molecular formula is C16H19BrFNO4. The number of carboxylic acid groups (broad SMARTS) is 1. The molecule has 0 bridgehead atoms. The van der Waals surface area contributed by atoms with Crippen molar-refractivity contribution in [3.05, 3.63) is 39.8 Å². The summed E-state index contributed by atoms with van der Waals surface area (Å²) in [5, 5.41) is 9.48. The van der Waals surface area contributed by atoms with Gasteiger partial charge in [-0.25, -0.2) is 4.39 Å². The van der Waals surface area contributed by atoms with Crippen LogP contribution in [0.3, 0.4) is 0 Å². The van der Waals surface area contributed by atoms with Gasteiger partial charge in [0.05, 0.1) is 7.05 Å². The average molecular weight is 388 g/mol. The number of ether oxygens (including phenoxy) is 1. The summed E-state index contributed by atoms with van der Waals surface area (Å²) in [5.74, 6) is -0.968. The van der Waals surface area contributed by atoms with E-state index in [1.807, 2.05) is 6.08 Å². The van der Waals surface area contributed by atoms with Crippen LogP contribution in [-0.2, 0) is 14.3 Å². The lowest BCUT2D eigenvalue weighted by Crippen LogP contribution is -3.10. The number of nitrogens with one attached hydrogen (secondary N) is 1. The lowest BCUT2D eigenvalue weighted by atomic mass is 10.2. The summed E-state index contributed by atoms with van der Waals surface area (Å²) in [4.78, 5) is 20.7. The van der Waals surface area contributed by atoms with Crippen molar-refractivity contribution in [3.8, 4) is 0 Å². The van der Waals surface area contributed by atoms with E-state index in [-0.39, 0.29) is 11.6 Å². The van der Waals surface area contributed by atoms with Crippen LogP contribution in [0.2, 0.25) is 0 Å². The molecule has 0 spiro atoms. The topological polar surface area (TPSA) is 70.9 Å². The third-order valence-corrected chi connectivity index (χ3v) is 3.65. The van der Waals surface area contributed by atoms with Crippen molar-refractivity contribution in [1.29, 1.82) is 0 Å². The second-order valence-electron chi connectivity index (χ2n) is 5.26. The highest BCUT2D eigenvalue weighted by atomic mass is 79.9. The average Bonchev–Trinajstić information content (AvgIpc) is 2.41. The Morgan fingerprint density at radius 2 is 2.17 bits per heavy atom. The van der Waals surface area contributed by atoms with E-state index >= 15 is 0 Å². The molecule has 1 aromatic carbocycles. The molecule has 1 unspecified atom stereocenters. The molecule has 0 aromatic heterocycles.